The van der Waals surface area contributed by atoms with Gasteiger partial charge in [-0.2, -0.15) is 0 Å². The van der Waals surface area contributed by atoms with Crippen molar-refractivity contribution in [2.75, 3.05) is 0 Å². The molecule has 0 atom stereocenters. The summed E-state index contributed by atoms with van der Waals surface area (Å²) in [5.74, 6) is 0. The lowest BCUT2D eigenvalue weighted by Crippen LogP contribution is -2.35. The van der Waals surface area contributed by atoms with Gasteiger partial charge in [0.25, 0.3) is 0 Å². The predicted octanol–water partition coefficient (Wildman–Crippen LogP) is 5.12. The average Bonchev–Trinajstić information content (AvgIpc) is 2.15. The van der Waals surface area contributed by atoms with Gasteiger partial charge in [0.2, 0.25) is 0 Å². The van der Waals surface area contributed by atoms with Gasteiger partial charge in [0.1, 0.15) is 0 Å². The zero-order chi connectivity index (χ0) is 14.0. The first kappa shape index (κ1) is 15.9. The zero-order valence-corrected chi connectivity index (χ0v) is 13.8. The fourth-order valence-corrected chi connectivity index (χ4v) is 2.73. The maximum atomic E-state index is 6.10. The highest BCUT2D eigenvalue weighted by molar-refractivity contribution is 8.00. The minimum Gasteiger partial charge on any atom is -0.308 e. The Morgan fingerprint density at radius 2 is 1.72 bits per heavy atom. The summed E-state index contributed by atoms with van der Waals surface area (Å²) in [4.78, 5) is 1.31. The van der Waals surface area contributed by atoms with Crippen LogP contribution in [0.3, 0.4) is 0 Å². The lowest BCUT2D eigenvalue weighted by molar-refractivity contribution is 0.422. The Balaban J connectivity index is 2.90. The Hall–Kier alpha value is -0.180. The van der Waals surface area contributed by atoms with Crippen LogP contribution in [0, 0.1) is 0 Å². The molecule has 0 aromatic heterocycles. The summed E-state index contributed by atoms with van der Waals surface area (Å²) in [5, 5.41) is 4.32. The third-order valence-corrected chi connectivity index (χ3v) is 3.71. The molecule has 0 aliphatic carbocycles. The van der Waals surface area contributed by atoms with Gasteiger partial charge in [-0.15, -0.1) is 11.8 Å². The van der Waals surface area contributed by atoms with Crippen molar-refractivity contribution in [3.8, 4) is 0 Å². The predicted molar refractivity (Wildman–Crippen MR) is 83.7 cm³/mol. The van der Waals surface area contributed by atoms with Crippen molar-refractivity contribution < 1.29 is 0 Å². The molecule has 0 spiro atoms. The molecule has 0 saturated heterocycles. The number of nitrogens with one attached hydrogen (secondary N) is 1. The highest BCUT2D eigenvalue weighted by Gasteiger charge is 2.16. The molecule has 1 aromatic carbocycles. The molecule has 0 unspecified atom stereocenters. The Morgan fingerprint density at radius 1 is 1.11 bits per heavy atom. The van der Waals surface area contributed by atoms with E-state index < -0.39 is 0 Å². The number of hydrogen-bond donors (Lipinski definition) is 1. The van der Waals surface area contributed by atoms with Crippen LogP contribution in [0.4, 0.5) is 0 Å². The van der Waals surface area contributed by atoms with Crippen LogP contribution < -0.4 is 5.32 Å². The molecule has 18 heavy (non-hydrogen) atoms. The maximum absolute atomic E-state index is 6.10. The van der Waals surface area contributed by atoms with Crippen LogP contribution in [0.15, 0.2) is 23.1 Å². The van der Waals surface area contributed by atoms with Crippen LogP contribution in [0.25, 0.3) is 0 Å². The van der Waals surface area contributed by atoms with Crippen molar-refractivity contribution in [2.45, 2.75) is 63.3 Å². The summed E-state index contributed by atoms with van der Waals surface area (Å²) in [6.07, 6.45) is 0. The molecule has 0 saturated carbocycles. The van der Waals surface area contributed by atoms with Crippen LogP contribution in [0.1, 0.15) is 47.1 Å². The van der Waals surface area contributed by atoms with Crippen molar-refractivity contribution in [3.63, 3.8) is 0 Å². The van der Waals surface area contributed by atoms with E-state index in [4.69, 9.17) is 11.6 Å². The van der Waals surface area contributed by atoms with E-state index in [-0.39, 0.29) is 10.3 Å². The third-order valence-electron chi connectivity index (χ3n) is 2.25. The van der Waals surface area contributed by atoms with Gasteiger partial charge >= 0.3 is 0 Å². The number of benzene rings is 1. The molecule has 0 amide bonds. The smallest absolute Gasteiger partial charge is 0.0410 e. The maximum Gasteiger partial charge on any atom is 0.0410 e. The average molecular weight is 286 g/mol. The van der Waals surface area contributed by atoms with Crippen molar-refractivity contribution in [2.24, 2.45) is 0 Å². The second-order valence-electron chi connectivity index (χ2n) is 6.57. The summed E-state index contributed by atoms with van der Waals surface area (Å²) in [7, 11) is 0. The third kappa shape index (κ3) is 6.12. The molecular weight excluding hydrogens is 262 g/mol. The lowest BCUT2D eigenvalue weighted by atomic mass is 10.1. The van der Waals surface area contributed by atoms with Gasteiger partial charge in [0.15, 0.2) is 0 Å². The topological polar surface area (TPSA) is 12.0 Å². The summed E-state index contributed by atoms with van der Waals surface area (Å²) >= 11 is 7.99. The number of halogens is 1. The van der Waals surface area contributed by atoms with E-state index in [1.165, 1.54) is 10.5 Å². The lowest BCUT2D eigenvalue weighted by Gasteiger charge is -2.24. The van der Waals surface area contributed by atoms with Gasteiger partial charge in [-0.05, 0) is 44.5 Å². The second kappa shape index (κ2) is 5.85. The van der Waals surface area contributed by atoms with Gasteiger partial charge in [-0.1, -0.05) is 32.4 Å². The molecular formula is C15H24ClNS. The van der Waals surface area contributed by atoms with Gasteiger partial charge in [0, 0.05) is 26.7 Å². The van der Waals surface area contributed by atoms with Crippen molar-refractivity contribution in [1.82, 2.24) is 5.32 Å². The summed E-state index contributed by atoms with van der Waals surface area (Å²) in [6.45, 7) is 14.1. The molecule has 0 radical (unpaired) electrons. The Bertz CT molecular complexity index is 402. The quantitative estimate of drug-likeness (QED) is 0.774. The molecule has 1 rings (SSSR count). The highest BCUT2D eigenvalue weighted by Crippen LogP contribution is 2.35. The van der Waals surface area contributed by atoms with Crippen molar-refractivity contribution in [3.05, 3.63) is 28.8 Å². The summed E-state index contributed by atoms with van der Waals surface area (Å²) in [6, 6.07) is 6.16. The Labute approximate surface area is 121 Å². The summed E-state index contributed by atoms with van der Waals surface area (Å²) in [5.41, 5.74) is 1.39. The minimum absolute atomic E-state index is 0.117. The Kier molecular flexibility index (Phi) is 5.16. The first-order valence-electron chi connectivity index (χ1n) is 6.29. The van der Waals surface area contributed by atoms with E-state index in [1.54, 1.807) is 0 Å². The van der Waals surface area contributed by atoms with Crippen LogP contribution in [-0.2, 0) is 6.54 Å². The molecule has 1 nitrogen and oxygen atoms in total. The van der Waals surface area contributed by atoms with E-state index >= 15 is 0 Å². The van der Waals surface area contributed by atoms with E-state index in [9.17, 15) is 0 Å². The van der Waals surface area contributed by atoms with Crippen LogP contribution >= 0.6 is 23.4 Å². The number of thioether (sulfide) groups is 1. The van der Waals surface area contributed by atoms with Crippen LogP contribution in [-0.4, -0.2) is 10.3 Å². The first-order chi connectivity index (χ1) is 8.07. The monoisotopic (exact) mass is 285 g/mol. The molecule has 0 aliphatic heterocycles. The van der Waals surface area contributed by atoms with E-state index in [2.05, 4.69) is 59.0 Å². The van der Waals surface area contributed by atoms with Gasteiger partial charge < -0.3 is 5.32 Å². The number of rotatable bonds is 3. The van der Waals surface area contributed by atoms with Crippen LogP contribution in [0.5, 0.6) is 0 Å². The molecule has 0 heterocycles. The zero-order valence-electron chi connectivity index (χ0n) is 12.2. The second-order valence-corrected chi connectivity index (χ2v) is 8.88. The fourth-order valence-electron chi connectivity index (χ4n) is 1.48. The largest absolute Gasteiger partial charge is 0.308 e. The first-order valence-corrected chi connectivity index (χ1v) is 7.49. The molecule has 0 aliphatic rings. The molecule has 0 fully saturated rings. The molecule has 0 bridgehead atoms. The van der Waals surface area contributed by atoms with Gasteiger partial charge in [-0.25, -0.2) is 0 Å². The minimum atomic E-state index is 0.117. The van der Waals surface area contributed by atoms with E-state index in [0.29, 0.717) is 0 Å². The normalized spacial score (nSPS) is 12.8. The highest BCUT2D eigenvalue weighted by atomic mass is 35.5. The molecule has 102 valence electrons. The van der Waals surface area contributed by atoms with Crippen molar-refractivity contribution >= 4 is 23.4 Å². The molecule has 1 aromatic rings. The standard InChI is InChI=1S/C15H24ClNS/c1-14(2,3)17-10-11-9-12(16)7-8-13(11)18-15(4,5)6/h7-9,17H,10H2,1-6H3. The van der Waals surface area contributed by atoms with Gasteiger partial charge in [-0.3, -0.25) is 0 Å². The molecule has 3 heteroatoms. The van der Waals surface area contributed by atoms with Gasteiger partial charge in [0.05, 0.1) is 0 Å². The summed E-state index contributed by atoms with van der Waals surface area (Å²) < 4.78 is 0.213. The van der Waals surface area contributed by atoms with E-state index in [0.717, 1.165) is 11.6 Å². The SMILES string of the molecule is CC(C)(C)NCc1cc(Cl)ccc1SC(C)(C)C. The fraction of sp³-hybridized carbons (Fsp3) is 0.600. The van der Waals surface area contributed by atoms with Crippen LogP contribution in [0.2, 0.25) is 5.02 Å². The number of hydrogen-bond acceptors (Lipinski definition) is 2. The van der Waals surface area contributed by atoms with Crippen molar-refractivity contribution in [1.29, 1.82) is 0 Å². The Morgan fingerprint density at radius 3 is 2.22 bits per heavy atom. The van der Waals surface area contributed by atoms with E-state index in [1.807, 2.05) is 17.8 Å². The molecule has 1 N–H and O–H groups in total.